The predicted octanol–water partition coefficient (Wildman–Crippen LogP) is 0.865. The lowest BCUT2D eigenvalue weighted by molar-refractivity contribution is 0.122. The van der Waals surface area contributed by atoms with E-state index in [1.807, 2.05) is 6.07 Å². The Kier molecular flexibility index (Phi) is 6.50. The number of sulfonamides is 1. The van der Waals surface area contributed by atoms with Gasteiger partial charge in [-0.05, 0) is 12.1 Å². The molecule has 0 spiro atoms. The van der Waals surface area contributed by atoms with Crippen molar-refractivity contribution in [1.82, 2.24) is 14.9 Å². The Morgan fingerprint density at radius 3 is 2.63 bits per heavy atom. The number of hydrogen-bond acceptors (Lipinski definition) is 9. The van der Waals surface area contributed by atoms with Gasteiger partial charge in [-0.2, -0.15) is 5.10 Å². The normalized spacial score (nSPS) is 16.7. The van der Waals surface area contributed by atoms with E-state index in [4.69, 9.17) is 14.2 Å². The van der Waals surface area contributed by atoms with Crippen LogP contribution in [0.1, 0.15) is 6.42 Å². The first-order valence-corrected chi connectivity index (χ1v) is 11.4. The molecular formula is C19H25N5O5S. The minimum atomic E-state index is -3.67. The Bertz CT molecular complexity index is 966. The molecule has 0 bridgehead atoms. The van der Waals surface area contributed by atoms with Crippen molar-refractivity contribution < 1.29 is 22.6 Å². The average Bonchev–Trinajstić information content (AvgIpc) is 3.02. The van der Waals surface area contributed by atoms with Gasteiger partial charge >= 0.3 is 0 Å². The summed E-state index contributed by atoms with van der Waals surface area (Å²) in [7, 11) is -3.67. The fourth-order valence-electron chi connectivity index (χ4n) is 3.21. The van der Waals surface area contributed by atoms with E-state index in [2.05, 4.69) is 25.1 Å². The van der Waals surface area contributed by atoms with E-state index >= 15 is 0 Å². The molecule has 1 aromatic heterocycles. The maximum atomic E-state index is 12.6. The summed E-state index contributed by atoms with van der Waals surface area (Å²) in [4.78, 5) is 2.32. The van der Waals surface area contributed by atoms with Crippen LogP contribution in [0.5, 0.6) is 11.5 Å². The van der Waals surface area contributed by atoms with Crippen molar-refractivity contribution >= 4 is 21.5 Å². The van der Waals surface area contributed by atoms with Crippen LogP contribution in [0.25, 0.3) is 0 Å². The number of fused-ring (bicyclic) bond motifs is 1. The van der Waals surface area contributed by atoms with Gasteiger partial charge in [-0.3, -0.25) is 0 Å². The maximum absolute atomic E-state index is 12.6. The number of aromatic nitrogens is 2. The predicted molar refractivity (Wildman–Crippen MR) is 111 cm³/mol. The molecule has 1 saturated heterocycles. The summed E-state index contributed by atoms with van der Waals surface area (Å²) in [5.74, 6) is 1.60. The van der Waals surface area contributed by atoms with Crippen molar-refractivity contribution in [3.8, 4) is 11.5 Å². The molecule has 0 unspecified atom stereocenters. The summed E-state index contributed by atoms with van der Waals surface area (Å²) >= 11 is 0. The molecule has 10 nitrogen and oxygen atoms in total. The molecule has 2 aliphatic heterocycles. The first-order chi connectivity index (χ1) is 14.6. The lowest BCUT2D eigenvalue weighted by Crippen LogP contribution is -2.36. The van der Waals surface area contributed by atoms with E-state index in [9.17, 15) is 8.42 Å². The quantitative estimate of drug-likeness (QED) is 0.611. The summed E-state index contributed by atoms with van der Waals surface area (Å²) < 4.78 is 44.3. The molecule has 30 heavy (non-hydrogen) atoms. The highest BCUT2D eigenvalue weighted by Gasteiger charge is 2.18. The van der Waals surface area contributed by atoms with Crippen LogP contribution in [0.4, 0.5) is 11.5 Å². The number of benzene rings is 1. The Morgan fingerprint density at radius 1 is 1.00 bits per heavy atom. The third-order valence-electron chi connectivity index (χ3n) is 4.77. The fourth-order valence-corrected chi connectivity index (χ4v) is 4.25. The fraction of sp³-hybridized carbons (Fsp3) is 0.474. The number of anilines is 2. The van der Waals surface area contributed by atoms with Crippen molar-refractivity contribution in [3.05, 3.63) is 30.5 Å². The number of nitrogens with zero attached hydrogens (tertiary/aromatic N) is 3. The molecule has 4 rings (SSSR count). The molecule has 0 amide bonds. The van der Waals surface area contributed by atoms with E-state index < -0.39 is 10.0 Å². The van der Waals surface area contributed by atoms with Crippen molar-refractivity contribution in [1.29, 1.82) is 0 Å². The van der Waals surface area contributed by atoms with Crippen molar-refractivity contribution in [3.63, 3.8) is 0 Å². The molecule has 2 aliphatic rings. The number of hydrogen-bond donors (Lipinski definition) is 2. The van der Waals surface area contributed by atoms with Crippen LogP contribution in [0, 0.1) is 0 Å². The zero-order valence-corrected chi connectivity index (χ0v) is 17.4. The van der Waals surface area contributed by atoms with Crippen LogP contribution in [-0.4, -0.2) is 71.2 Å². The van der Waals surface area contributed by atoms with Crippen molar-refractivity contribution in [2.75, 3.05) is 62.8 Å². The highest BCUT2D eigenvalue weighted by atomic mass is 32.2. The molecular weight excluding hydrogens is 410 g/mol. The van der Waals surface area contributed by atoms with E-state index in [1.54, 1.807) is 12.3 Å². The molecule has 2 aromatic rings. The summed E-state index contributed by atoms with van der Waals surface area (Å²) in [6.07, 6.45) is 2.47. The smallest absolute Gasteiger partial charge is 0.240 e. The van der Waals surface area contributed by atoms with Gasteiger partial charge in [-0.1, -0.05) is 0 Å². The maximum Gasteiger partial charge on any atom is 0.240 e. The second kappa shape index (κ2) is 9.45. The second-order valence-corrected chi connectivity index (χ2v) is 8.65. The van der Waals surface area contributed by atoms with Gasteiger partial charge in [0.2, 0.25) is 10.0 Å². The molecule has 162 valence electrons. The van der Waals surface area contributed by atoms with Crippen LogP contribution >= 0.6 is 0 Å². The lowest BCUT2D eigenvalue weighted by Gasteiger charge is -2.28. The topological polar surface area (TPSA) is 115 Å². The van der Waals surface area contributed by atoms with Crippen molar-refractivity contribution in [2.45, 2.75) is 11.3 Å². The Morgan fingerprint density at radius 2 is 1.80 bits per heavy atom. The third kappa shape index (κ3) is 5.10. The van der Waals surface area contributed by atoms with Gasteiger partial charge in [-0.15, -0.1) is 5.10 Å². The molecule has 2 N–H and O–H groups in total. The first-order valence-electron chi connectivity index (χ1n) is 9.90. The van der Waals surface area contributed by atoms with Gasteiger partial charge in [0.15, 0.2) is 17.3 Å². The molecule has 0 radical (unpaired) electrons. The third-order valence-corrected chi connectivity index (χ3v) is 6.23. The standard InChI is InChI=1S/C19H25N5O5S/c25-30(26,16-2-3-17-18(13-16)29-9-1-8-28-17)22-5-4-20-19-12-15(14-21-23-19)24-6-10-27-11-7-24/h2-3,12-14,22H,1,4-11H2,(H,20,23). The molecule has 0 aliphatic carbocycles. The minimum Gasteiger partial charge on any atom is -0.490 e. The number of ether oxygens (including phenoxy) is 3. The van der Waals surface area contributed by atoms with E-state index in [0.29, 0.717) is 50.3 Å². The Labute approximate surface area is 175 Å². The monoisotopic (exact) mass is 435 g/mol. The largest absolute Gasteiger partial charge is 0.490 e. The zero-order chi connectivity index (χ0) is 20.8. The zero-order valence-electron chi connectivity index (χ0n) is 16.5. The van der Waals surface area contributed by atoms with E-state index in [0.717, 1.165) is 25.2 Å². The van der Waals surface area contributed by atoms with Crippen LogP contribution in [0.15, 0.2) is 35.4 Å². The highest BCUT2D eigenvalue weighted by molar-refractivity contribution is 7.89. The highest BCUT2D eigenvalue weighted by Crippen LogP contribution is 2.31. The number of nitrogens with one attached hydrogen (secondary N) is 2. The first kappa shape index (κ1) is 20.6. The van der Waals surface area contributed by atoms with Crippen molar-refractivity contribution in [2.24, 2.45) is 0 Å². The Balaban J connectivity index is 1.31. The SMILES string of the molecule is O=S(=O)(NCCNc1cc(N2CCOCC2)cnn1)c1ccc2c(c1)OCCCO2. The minimum absolute atomic E-state index is 0.140. The summed E-state index contributed by atoms with van der Waals surface area (Å²) in [6.45, 7) is 4.60. The number of morpholine rings is 1. The molecule has 1 fully saturated rings. The average molecular weight is 436 g/mol. The van der Waals surface area contributed by atoms with E-state index in [1.165, 1.54) is 12.1 Å². The molecule has 0 atom stereocenters. The molecule has 11 heteroatoms. The lowest BCUT2D eigenvalue weighted by atomic mass is 10.3. The van der Waals surface area contributed by atoms with Gasteiger partial charge in [0.05, 0.1) is 43.2 Å². The molecule has 0 saturated carbocycles. The molecule has 1 aromatic carbocycles. The van der Waals surface area contributed by atoms with Gasteiger partial charge in [-0.25, -0.2) is 13.1 Å². The molecule has 3 heterocycles. The van der Waals surface area contributed by atoms with Crippen LogP contribution in [0.2, 0.25) is 0 Å². The van der Waals surface area contributed by atoms with Crippen LogP contribution < -0.4 is 24.4 Å². The second-order valence-electron chi connectivity index (χ2n) is 6.88. The summed E-state index contributed by atoms with van der Waals surface area (Å²) in [6, 6.07) is 6.53. The van der Waals surface area contributed by atoms with Gasteiger partial charge in [0.1, 0.15) is 0 Å². The van der Waals surface area contributed by atoms with Crippen LogP contribution in [0.3, 0.4) is 0 Å². The van der Waals surface area contributed by atoms with Crippen LogP contribution in [-0.2, 0) is 14.8 Å². The number of rotatable bonds is 7. The van der Waals surface area contributed by atoms with Gasteiger partial charge in [0.25, 0.3) is 0 Å². The summed E-state index contributed by atoms with van der Waals surface area (Å²) in [5.41, 5.74) is 0.962. The summed E-state index contributed by atoms with van der Waals surface area (Å²) in [5, 5.41) is 11.2. The van der Waals surface area contributed by atoms with E-state index in [-0.39, 0.29) is 11.4 Å². The van der Waals surface area contributed by atoms with Gasteiger partial charge in [0, 0.05) is 44.7 Å². The Hall–Kier alpha value is -2.63. The van der Waals surface area contributed by atoms with Gasteiger partial charge < -0.3 is 24.4 Å².